The van der Waals surface area contributed by atoms with Crippen LogP contribution in [0.3, 0.4) is 0 Å². The minimum Gasteiger partial charge on any atom is -0.343 e. The Hall–Kier alpha value is -0.120. The Balaban J connectivity index is 2.21. The van der Waals surface area contributed by atoms with Crippen molar-refractivity contribution in [1.82, 2.24) is 0 Å². The van der Waals surface area contributed by atoms with E-state index in [2.05, 4.69) is 0 Å². The van der Waals surface area contributed by atoms with Crippen molar-refractivity contribution >= 4 is 0 Å². The van der Waals surface area contributed by atoms with Crippen LogP contribution < -0.4 is 0 Å². The molecule has 0 amide bonds. The summed E-state index contributed by atoms with van der Waals surface area (Å²) in [6.07, 6.45) is 11.2. The summed E-state index contributed by atoms with van der Waals surface area (Å²) in [5, 5.41) is 29.9. The molecule has 2 rings (SSSR count). The van der Waals surface area contributed by atoms with Crippen LogP contribution in [-0.4, -0.2) is 21.3 Å². The maximum absolute atomic E-state index is 9.95. The molecule has 2 fully saturated rings. The molecule has 0 heterocycles. The highest BCUT2D eigenvalue weighted by molar-refractivity contribution is 4.95. The van der Waals surface area contributed by atoms with Gasteiger partial charge in [-0.15, -0.1) is 0 Å². The van der Waals surface area contributed by atoms with E-state index in [1.165, 1.54) is 12.8 Å². The van der Waals surface area contributed by atoms with Gasteiger partial charge in [0.25, 0.3) is 5.97 Å². The number of rotatable bonds is 3. The van der Waals surface area contributed by atoms with E-state index in [0.29, 0.717) is 0 Å². The summed E-state index contributed by atoms with van der Waals surface area (Å²) in [6.45, 7) is 1.90. The van der Waals surface area contributed by atoms with Crippen LogP contribution in [0.15, 0.2) is 0 Å². The first kappa shape index (κ1) is 14.3. The molecule has 106 valence electrons. The molecular formula is C15H28O3. The fraction of sp³-hybridized carbons (Fsp3) is 1.00. The quantitative estimate of drug-likeness (QED) is 0.680. The molecule has 2 aliphatic rings. The topological polar surface area (TPSA) is 60.7 Å². The Kier molecular flexibility index (Phi) is 4.35. The molecule has 0 aliphatic heterocycles. The van der Waals surface area contributed by atoms with Crippen LogP contribution in [0.4, 0.5) is 0 Å². The second kappa shape index (κ2) is 5.48. The summed E-state index contributed by atoms with van der Waals surface area (Å²) in [5.41, 5.74) is -0.756. The predicted molar refractivity (Wildman–Crippen MR) is 70.6 cm³/mol. The van der Waals surface area contributed by atoms with E-state index < -0.39 is 11.4 Å². The predicted octanol–water partition coefficient (Wildman–Crippen LogP) is 2.78. The lowest BCUT2D eigenvalue weighted by atomic mass is 9.58. The first-order valence-corrected chi connectivity index (χ1v) is 7.63. The maximum Gasteiger partial charge on any atom is 0.281 e. The van der Waals surface area contributed by atoms with Crippen molar-refractivity contribution < 1.29 is 15.3 Å². The smallest absolute Gasteiger partial charge is 0.281 e. The zero-order chi connectivity index (χ0) is 13.2. The molecule has 0 radical (unpaired) electrons. The maximum atomic E-state index is 9.95. The van der Waals surface area contributed by atoms with Gasteiger partial charge in [0.2, 0.25) is 0 Å². The summed E-state index contributed by atoms with van der Waals surface area (Å²) >= 11 is 0. The van der Waals surface area contributed by atoms with Gasteiger partial charge in [-0.25, -0.2) is 0 Å². The van der Waals surface area contributed by atoms with Crippen LogP contribution in [0, 0.1) is 17.3 Å². The van der Waals surface area contributed by atoms with Gasteiger partial charge >= 0.3 is 0 Å². The Morgan fingerprint density at radius 3 is 1.28 bits per heavy atom. The molecular weight excluding hydrogens is 228 g/mol. The third-order valence-corrected chi connectivity index (χ3v) is 5.63. The fourth-order valence-corrected chi connectivity index (χ4v) is 4.29. The molecule has 0 saturated heterocycles. The summed E-state index contributed by atoms with van der Waals surface area (Å²) in [7, 11) is 0. The highest BCUT2D eigenvalue weighted by Crippen LogP contribution is 2.52. The summed E-state index contributed by atoms with van der Waals surface area (Å²) in [4.78, 5) is 0. The summed E-state index contributed by atoms with van der Waals surface area (Å²) in [6, 6.07) is 0. The Morgan fingerprint density at radius 1 is 0.667 bits per heavy atom. The van der Waals surface area contributed by atoms with Crippen molar-refractivity contribution in [2.24, 2.45) is 17.3 Å². The number of aliphatic hydroxyl groups is 3. The van der Waals surface area contributed by atoms with Crippen molar-refractivity contribution in [3.05, 3.63) is 0 Å². The van der Waals surface area contributed by atoms with Gasteiger partial charge in [0.05, 0.1) is 5.41 Å². The van der Waals surface area contributed by atoms with E-state index in [1.807, 2.05) is 6.92 Å². The average Bonchev–Trinajstić information content (AvgIpc) is 2.38. The van der Waals surface area contributed by atoms with Gasteiger partial charge in [-0.3, -0.25) is 0 Å². The lowest BCUT2D eigenvalue weighted by Crippen LogP contribution is -2.56. The van der Waals surface area contributed by atoms with E-state index in [1.54, 1.807) is 0 Å². The molecule has 0 bridgehead atoms. The Labute approximate surface area is 110 Å². The van der Waals surface area contributed by atoms with Crippen molar-refractivity contribution in [2.75, 3.05) is 0 Å². The van der Waals surface area contributed by atoms with Crippen LogP contribution in [-0.2, 0) is 0 Å². The minimum atomic E-state index is -2.53. The second-order valence-electron chi connectivity index (χ2n) is 6.59. The van der Waals surface area contributed by atoms with Crippen LogP contribution in [0.1, 0.15) is 71.1 Å². The van der Waals surface area contributed by atoms with Gasteiger partial charge in [-0.2, -0.15) is 0 Å². The lowest BCUT2D eigenvalue weighted by molar-refractivity contribution is -0.395. The van der Waals surface area contributed by atoms with Crippen LogP contribution in [0.25, 0.3) is 0 Å². The molecule has 2 saturated carbocycles. The molecule has 0 aromatic heterocycles. The SMILES string of the molecule is CC(C1CCCCC1)(C1CCCCC1)C(O)(O)O. The number of hydrogen-bond acceptors (Lipinski definition) is 3. The molecule has 2 aliphatic carbocycles. The van der Waals surface area contributed by atoms with Crippen molar-refractivity contribution in [3.63, 3.8) is 0 Å². The van der Waals surface area contributed by atoms with Gasteiger partial charge in [0.1, 0.15) is 0 Å². The van der Waals surface area contributed by atoms with Gasteiger partial charge < -0.3 is 15.3 Å². The normalized spacial score (nSPS) is 25.3. The minimum absolute atomic E-state index is 0.245. The first-order valence-electron chi connectivity index (χ1n) is 7.63. The molecule has 0 aromatic rings. The van der Waals surface area contributed by atoms with E-state index in [4.69, 9.17) is 0 Å². The van der Waals surface area contributed by atoms with Gasteiger partial charge in [0, 0.05) is 0 Å². The molecule has 18 heavy (non-hydrogen) atoms. The molecule has 3 N–H and O–H groups in total. The van der Waals surface area contributed by atoms with Crippen molar-refractivity contribution in [3.8, 4) is 0 Å². The van der Waals surface area contributed by atoms with E-state index >= 15 is 0 Å². The second-order valence-corrected chi connectivity index (χ2v) is 6.59. The standard InChI is InChI=1S/C15H28O3/c1-14(15(16,17)18,12-8-4-2-5-9-12)13-10-6-3-7-11-13/h12-13,16-18H,2-11H2,1H3. The van der Waals surface area contributed by atoms with Crippen molar-refractivity contribution in [1.29, 1.82) is 0 Å². The summed E-state index contributed by atoms with van der Waals surface area (Å²) < 4.78 is 0. The monoisotopic (exact) mass is 256 g/mol. The van der Waals surface area contributed by atoms with E-state index in [0.717, 1.165) is 51.4 Å². The highest BCUT2D eigenvalue weighted by Gasteiger charge is 2.54. The van der Waals surface area contributed by atoms with E-state index in [9.17, 15) is 15.3 Å². The van der Waals surface area contributed by atoms with Gasteiger partial charge in [0.15, 0.2) is 0 Å². The Bertz CT molecular complexity index is 239. The number of hydrogen-bond donors (Lipinski definition) is 3. The fourth-order valence-electron chi connectivity index (χ4n) is 4.29. The molecule has 0 atom stereocenters. The van der Waals surface area contributed by atoms with E-state index in [-0.39, 0.29) is 11.8 Å². The molecule has 3 heteroatoms. The molecule has 0 unspecified atom stereocenters. The average molecular weight is 256 g/mol. The molecule has 3 nitrogen and oxygen atoms in total. The van der Waals surface area contributed by atoms with Gasteiger partial charge in [-0.1, -0.05) is 45.4 Å². The Morgan fingerprint density at radius 2 is 1.00 bits per heavy atom. The first-order chi connectivity index (χ1) is 8.46. The third kappa shape index (κ3) is 2.59. The zero-order valence-electron chi connectivity index (χ0n) is 11.6. The third-order valence-electron chi connectivity index (χ3n) is 5.63. The molecule has 0 spiro atoms. The van der Waals surface area contributed by atoms with Crippen LogP contribution in [0.5, 0.6) is 0 Å². The largest absolute Gasteiger partial charge is 0.343 e. The highest BCUT2D eigenvalue weighted by atomic mass is 16.7. The van der Waals surface area contributed by atoms with Crippen LogP contribution in [0.2, 0.25) is 0 Å². The van der Waals surface area contributed by atoms with Crippen LogP contribution >= 0.6 is 0 Å². The summed E-state index contributed by atoms with van der Waals surface area (Å²) in [5.74, 6) is -2.04. The zero-order valence-corrected chi connectivity index (χ0v) is 11.6. The van der Waals surface area contributed by atoms with Gasteiger partial charge in [-0.05, 0) is 37.5 Å². The van der Waals surface area contributed by atoms with Crippen molar-refractivity contribution in [2.45, 2.75) is 77.1 Å². The molecule has 0 aromatic carbocycles. The lowest BCUT2D eigenvalue weighted by Gasteiger charge is -2.50.